The fraction of sp³-hybridized carbons (Fsp3) is 0.118. The fourth-order valence-electron chi connectivity index (χ4n) is 1.98. The summed E-state index contributed by atoms with van der Waals surface area (Å²) >= 11 is 10.7. The van der Waals surface area contributed by atoms with Gasteiger partial charge in [0.25, 0.3) is 5.91 Å². The summed E-state index contributed by atoms with van der Waals surface area (Å²) < 4.78 is 6.26. The average molecular weight is 439 g/mol. The molecule has 1 aromatic heterocycles. The van der Waals surface area contributed by atoms with Gasteiger partial charge in [0.15, 0.2) is 6.61 Å². The number of hydrogen-bond donors (Lipinski definition) is 1. The van der Waals surface area contributed by atoms with Crippen molar-refractivity contribution in [3.8, 4) is 16.3 Å². The van der Waals surface area contributed by atoms with Crippen molar-refractivity contribution in [1.82, 2.24) is 10.2 Å². The molecule has 0 aliphatic carbocycles. The molecule has 3 aromatic rings. The Kier molecular flexibility index (Phi) is 5.67. The Morgan fingerprint density at radius 1 is 1.24 bits per heavy atom. The molecule has 1 heterocycles. The van der Waals surface area contributed by atoms with Gasteiger partial charge in [0, 0.05) is 10.0 Å². The minimum Gasteiger partial charge on any atom is -0.482 e. The molecule has 5 nitrogen and oxygen atoms in total. The van der Waals surface area contributed by atoms with Crippen LogP contribution in [0.5, 0.6) is 5.75 Å². The van der Waals surface area contributed by atoms with Crippen molar-refractivity contribution in [3.05, 3.63) is 57.5 Å². The van der Waals surface area contributed by atoms with Crippen LogP contribution in [0, 0.1) is 6.92 Å². The van der Waals surface area contributed by atoms with E-state index in [2.05, 4.69) is 31.4 Å². The highest BCUT2D eigenvalue weighted by Gasteiger charge is 2.11. The number of nitrogens with zero attached hydrogens (tertiary/aromatic N) is 2. The van der Waals surface area contributed by atoms with Gasteiger partial charge in [-0.3, -0.25) is 10.1 Å². The number of carbonyl (C=O) groups excluding carboxylic acids is 1. The Morgan fingerprint density at radius 2 is 2.00 bits per heavy atom. The lowest BCUT2D eigenvalue weighted by Gasteiger charge is -2.07. The van der Waals surface area contributed by atoms with Gasteiger partial charge in [0.1, 0.15) is 10.8 Å². The van der Waals surface area contributed by atoms with Crippen molar-refractivity contribution >= 4 is 49.9 Å². The largest absolute Gasteiger partial charge is 0.482 e. The quantitative estimate of drug-likeness (QED) is 0.612. The lowest BCUT2D eigenvalue weighted by atomic mass is 10.2. The van der Waals surface area contributed by atoms with E-state index in [1.54, 1.807) is 18.2 Å². The standard InChI is InChI=1S/C17H13BrClN3O2S/c1-10-2-4-11(5-3-10)16-21-22-17(25-16)20-15(23)9-24-14-7-6-12(18)8-13(14)19/h2-8H,9H2,1H3,(H,20,22,23). The van der Waals surface area contributed by atoms with Crippen molar-refractivity contribution < 1.29 is 9.53 Å². The number of amides is 1. The van der Waals surface area contributed by atoms with Crippen LogP contribution in [0.3, 0.4) is 0 Å². The molecule has 128 valence electrons. The maximum absolute atomic E-state index is 12.0. The summed E-state index contributed by atoms with van der Waals surface area (Å²) in [5, 5.41) is 12.4. The Labute approximate surface area is 162 Å². The first kappa shape index (κ1) is 17.8. The van der Waals surface area contributed by atoms with E-state index in [0.717, 1.165) is 15.0 Å². The summed E-state index contributed by atoms with van der Waals surface area (Å²) in [4.78, 5) is 12.0. The molecule has 0 saturated heterocycles. The molecule has 0 saturated carbocycles. The predicted octanol–water partition coefficient (Wildman–Crippen LogP) is 4.95. The van der Waals surface area contributed by atoms with Crippen molar-refractivity contribution in [2.75, 3.05) is 11.9 Å². The number of nitrogens with one attached hydrogen (secondary N) is 1. The van der Waals surface area contributed by atoms with Gasteiger partial charge in [-0.05, 0) is 25.1 Å². The van der Waals surface area contributed by atoms with Crippen LogP contribution in [-0.2, 0) is 4.79 Å². The van der Waals surface area contributed by atoms with Crippen molar-refractivity contribution in [3.63, 3.8) is 0 Å². The van der Waals surface area contributed by atoms with Crippen LogP contribution in [0.15, 0.2) is 46.9 Å². The molecule has 0 aliphatic heterocycles. The number of ether oxygens (including phenoxy) is 1. The lowest BCUT2D eigenvalue weighted by Crippen LogP contribution is -2.20. The van der Waals surface area contributed by atoms with Gasteiger partial charge >= 0.3 is 0 Å². The molecule has 1 N–H and O–H groups in total. The zero-order valence-corrected chi connectivity index (χ0v) is 16.3. The first-order valence-corrected chi connectivity index (χ1v) is 9.28. The van der Waals surface area contributed by atoms with Gasteiger partial charge in [-0.15, -0.1) is 10.2 Å². The zero-order valence-electron chi connectivity index (χ0n) is 13.1. The normalized spacial score (nSPS) is 10.5. The fourth-order valence-corrected chi connectivity index (χ4v) is 3.47. The second-order valence-corrected chi connectivity index (χ2v) is 7.49. The highest BCUT2D eigenvalue weighted by molar-refractivity contribution is 9.10. The van der Waals surface area contributed by atoms with Crippen LogP contribution < -0.4 is 10.1 Å². The number of anilines is 1. The molecule has 0 aliphatic rings. The van der Waals surface area contributed by atoms with E-state index in [1.165, 1.54) is 16.9 Å². The molecule has 2 aromatic carbocycles. The van der Waals surface area contributed by atoms with Gasteiger partial charge < -0.3 is 4.74 Å². The monoisotopic (exact) mass is 437 g/mol. The molecular formula is C17H13BrClN3O2S. The van der Waals surface area contributed by atoms with Crippen LogP contribution >= 0.6 is 38.9 Å². The van der Waals surface area contributed by atoms with E-state index in [-0.39, 0.29) is 12.5 Å². The molecule has 3 rings (SSSR count). The van der Waals surface area contributed by atoms with E-state index in [1.807, 2.05) is 31.2 Å². The predicted molar refractivity (Wildman–Crippen MR) is 103 cm³/mol. The average Bonchev–Trinajstić information content (AvgIpc) is 3.03. The minimum absolute atomic E-state index is 0.166. The zero-order chi connectivity index (χ0) is 17.8. The number of aryl methyl sites for hydroxylation is 1. The van der Waals surface area contributed by atoms with Crippen LogP contribution in [0.1, 0.15) is 5.56 Å². The highest BCUT2D eigenvalue weighted by atomic mass is 79.9. The number of rotatable bonds is 5. The third-order valence-electron chi connectivity index (χ3n) is 3.22. The third kappa shape index (κ3) is 4.78. The Bertz CT molecular complexity index is 899. The topological polar surface area (TPSA) is 64.1 Å². The molecule has 0 radical (unpaired) electrons. The second-order valence-electron chi connectivity index (χ2n) is 5.19. The molecule has 1 amide bonds. The van der Waals surface area contributed by atoms with Crippen molar-refractivity contribution in [1.29, 1.82) is 0 Å². The second kappa shape index (κ2) is 7.95. The van der Waals surface area contributed by atoms with E-state index < -0.39 is 0 Å². The van der Waals surface area contributed by atoms with Gasteiger partial charge in [-0.1, -0.05) is 68.7 Å². The molecule has 0 unspecified atom stereocenters. The Hall–Kier alpha value is -1.96. The van der Waals surface area contributed by atoms with Gasteiger partial charge in [-0.2, -0.15) is 0 Å². The summed E-state index contributed by atoms with van der Waals surface area (Å²) in [7, 11) is 0. The van der Waals surface area contributed by atoms with E-state index in [9.17, 15) is 4.79 Å². The lowest BCUT2D eigenvalue weighted by molar-refractivity contribution is -0.118. The van der Waals surface area contributed by atoms with Crippen molar-refractivity contribution in [2.45, 2.75) is 6.92 Å². The molecule has 25 heavy (non-hydrogen) atoms. The third-order valence-corrected chi connectivity index (χ3v) is 4.90. The molecule has 0 fully saturated rings. The van der Waals surface area contributed by atoms with Crippen molar-refractivity contribution in [2.24, 2.45) is 0 Å². The molecule has 0 bridgehead atoms. The number of halogens is 2. The van der Waals surface area contributed by atoms with Crippen LogP contribution in [0.2, 0.25) is 5.02 Å². The SMILES string of the molecule is Cc1ccc(-c2nnc(NC(=O)COc3ccc(Br)cc3Cl)s2)cc1. The van der Waals surface area contributed by atoms with Gasteiger partial charge in [0.05, 0.1) is 5.02 Å². The summed E-state index contributed by atoms with van der Waals surface area (Å²) in [5.74, 6) is 0.114. The molecular weight excluding hydrogens is 426 g/mol. The number of carbonyl (C=O) groups is 1. The summed E-state index contributed by atoms with van der Waals surface area (Å²) in [5.41, 5.74) is 2.13. The molecule has 0 spiro atoms. The Balaban J connectivity index is 1.59. The van der Waals surface area contributed by atoms with Crippen LogP contribution in [-0.4, -0.2) is 22.7 Å². The first-order chi connectivity index (χ1) is 12.0. The van der Waals surface area contributed by atoms with Crippen LogP contribution in [0.25, 0.3) is 10.6 Å². The number of hydrogen-bond acceptors (Lipinski definition) is 5. The maximum Gasteiger partial charge on any atom is 0.264 e. The molecule has 0 atom stereocenters. The summed E-state index contributed by atoms with van der Waals surface area (Å²) in [6, 6.07) is 13.1. The van der Waals surface area contributed by atoms with Gasteiger partial charge in [0.2, 0.25) is 5.13 Å². The van der Waals surface area contributed by atoms with Gasteiger partial charge in [-0.25, -0.2) is 0 Å². The maximum atomic E-state index is 12.0. The van der Waals surface area contributed by atoms with E-state index >= 15 is 0 Å². The summed E-state index contributed by atoms with van der Waals surface area (Å²) in [6.07, 6.45) is 0. The Morgan fingerprint density at radius 3 is 2.72 bits per heavy atom. The van der Waals surface area contributed by atoms with Crippen LogP contribution in [0.4, 0.5) is 5.13 Å². The van der Waals surface area contributed by atoms with E-state index in [4.69, 9.17) is 16.3 Å². The first-order valence-electron chi connectivity index (χ1n) is 7.29. The summed E-state index contributed by atoms with van der Waals surface area (Å²) in [6.45, 7) is 1.86. The molecule has 8 heteroatoms. The van der Waals surface area contributed by atoms with E-state index in [0.29, 0.717) is 15.9 Å². The number of benzene rings is 2. The highest BCUT2D eigenvalue weighted by Crippen LogP contribution is 2.28. The smallest absolute Gasteiger partial charge is 0.264 e. The number of aromatic nitrogens is 2. The minimum atomic E-state index is -0.328.